The number of fused-ring (bicyclic) bond motifs is 1. The van der Waals surface area contributed by atoms with E-state index in [0.29, 0.717) is 24.7 Å². The maximum absolute atomic E-state index is 12.0. The zero-order valence-corrected chi connectivity index (χ0v) is 17.0. The monoisotopic (exact) mass is 392 g/mol. The Morgan fingerprint density at radius 2 is 1.93 bits per heavy atom. The molecule has 2 aromatic heterocycles. The van der Waals surface area contributed by atoms with Gasteiger partial charge in [-0.15, -0.1) is 0 Å². The molecule has 0 aliphatic carbocycles. The van der Waals surface area contributed by atoms with Crippen LogP contribution in [0.15, 0.2) is 59.9 Å². The van der Waals surface area contributed by atoms with Gasteiger partial charge in [-0.1, -0.05) is 24.3 Å². The van der Waals surface area contributed by atoms with Crippen molar-refractivity contribution in [2.24, 2.45) is 4.99 Å². The molecule has 7 nitrogen and oxygen atoms in total. The molecule has 0 fully saturated rings. The number of hydrogen-bond acceptors (Lipinski definition) is 3. The molecule has 7 heteroatoms. The van der Waals surface area contributed by atoms with Gasteiger partial charge in [0.15, 0.2) is 5.96 Å². The molecule has 0 aliphatic heterocycles. The number of benzene rings is 1. The van der Waals surface area contributed by atoms with E-state index in [9.17, 15) is 4.79 Å². The van der Waals surface area contributed by atoms with Gasteiger partial charge in [0.05, 0.1) is 0 Å². The molecule has 1 amide bonds. The van der Waals surface area contributed by atoms with Gasteiger partial charge in [0.2, 0.25) is 5.91 Å². The average Bonchev–Trinajstić information content (AvgIpc) is 3.14. The van der Waals surface area contributed by atoms with Crippen molar-refractivity contribution in [3.63, 3.8) is 0 Å². The van der Waals surface area contributed by atoms with Gasteiger partial charge in [-0.25, -0.2) is 4.98 Å². The van der Waals surface area contributed by atoms with Crippen LogP contribution in [0.4, 0.5) is 5.82 Å². The van der Waals surface area contributed by atoms with E-state index in [1.54, 1.807) is 19.3 Å². The molecular weight excluding hydrogens is 364 g/mol. The lowest BCUT2D eigenvalue weighted by atomic mass is 10.2. The lowest BCUT2D eigenvalue weighted by molar-refractivity contribution is -0.116. The zero-order chi connectivity index (χ0) is 20.5. The molecule has 1 aromatic carbocycles. The number of aryl methyl sites for hydroxylation is 2. The summed E-state index contributed by atoms with van der Waals surface area (Å²) in [6, 6.07) is 14.2. The smallest absolute Gasteiger partial charge is 0.227 e. The minimum Gasteiger partial charge on any atom is -0.356 e. The molecule has 152 valence electrons. The zero-order valence-electron chi connectivity index (χ0n) is 17.0. The van der Waals surface area contributed by atoms with E-state index in [0.717, 1.165) is 25.1 Å². The highest BCUT2D eigenvalue weighted by atomic mass is 16.1. The van der Waals surface area contributed by atoms with Crippen molar-refractivity contribution in [1.82, 2.24) is 20.2 Å². The Labute approximate surface area is 171 Å². The van der Waals surface area contributed by atoms with Crippen LogP contribution in [-0.2, 0) is 11.3 Å². The van der Waals surface area contributed by atoms with Crippen molar-refractivity contribution in [3.05, 3.63) is 60.4 Å². The van der Waals surface area contributed by atoms with Crippen LogP contribution in [-0.4, -0.2) is 41.6 Å². The van der Waals surface area contributed by atoms with Crippen molar-refractivity contribution < 1.29 is 4.79 Å². The van der Waals surface area contributed by atoms with Gasteiger partial charge in [-0.3, -0.25) is 9.79 Å². The van der Waals surface area contributed by atoms with E-state index in [2.05, 4.69) is 67.0 Å². The van der Waals surface area contributed by atoms with Gasteiger partial charge in [0.25, 0.3) is 0 Å². The third-order valence-corrected chi connectivity index (χ3v) is 4.60. The summed E-state index contributed by atoms with van der Waals surface area (Å²) in [5.74, 6) is 1.19. The summed E-state index contributed by atoms with van der Waals surface area (Å²) in [4.78, 5) is 20.4. The normalized spacial score (nSPS) is 11.4. The fourth-order valence-corrected chi connectivity index (χ4v) is 3.05. The Morgan fingerprint density at radius 1 is 1.10 bits per heavy atom. The van der Waals surface area contributed by atoms with E-state index in [1.165, 1.54) is 10.9 Å². The van der Waals surface area contributed by atoms with E-state index in [4.69, 9.17) is 0 Å². The van der Waals surface area contributed by atoms with E-state index in [-0.39, 0.29) is 5.91 Å². The molecule has 0 bridgehead atoms. The predicted molar refractivity (Wildman–Crippen MR) is 118 cm³/mol. The largest absolute Gasteiger partial charge is 0.356 e. The van der Waals surface area contributed by atoms with Gasteiger partial charge in [0, 0.05) is 51.0 Å². The molecule has 3 N–H and O–H groups in total. The first-order chi connectivity index (χ1) is 14.2. The van der Waals surface area contributed by atoms with Crippen LogP contribution in [0.5, 0.6) is 0 Å². The molecule has 0 unspecified atom stereocenters. The van der Waals surface area contributed by atoms with Crippen molar-refractivity contribution in [1.29, 1.82) is 0 Å². The van der Waals surface area contributed by atoms with Crippen molar-refractivity contribution in [2.75, 3.05) is 25.5 Å². The molecule has 0 saturated heterocycles. The second-order valence-electron chi connectivity index (χ2n) is 6.87. The Balaban J connectivity index is 1.34. The molecule has 0 aliphatic rings. The number of hydrogen-bond donors (Lipinski definition) is 3. The minimum absolute atomic E-state index is 0.0798. The molecule has 29 heavy (non-hydrogen) atoms. The maximum atomic E-state index is 12.0. The summed E-state index contributed by atoms with van der Waals surface area (Å²) in [5.41, 5.74) is 2.31. The highest BCUT2D eigenvalue weighted by Crippen LogP contribution is 2.15. The van der Waals surface area contributed by atoms with E-state index >= 15 is 0 Å². The number of rotatable bonds is 8. The Kier molecular flexibility index (Phi) is 7.22. The number of pyridine rings is 1. The minimum atomic E-state index is -0.0798. The van der Waals surface area contributed by atoms with Crippen LogP contribution < -0.4 is 16.0 Å². The second kappa shape index (κ2) is 10.3. The molecule has 0 atom stereocenters. The first kappa shape index (κ1) is 20.4. The van der Waals surface area contributed by atoms with E-state index in [1.807, 2.05) is 13.0 Å². The fourth-order valence-electron chi connectivity index (χ4n) is 3.05. The van der Waals surface area contributed by atoms with Gasteiger partial charge < -0.3 is 20.5 Å². The van der Waals surface area contributed by atoms with E-state index < -0.39 is 0 Å². The average molecular weight is 393 g/mol. The third-order valence-electron chi connectivity index (χ3n) is 4.60. The standard InChI is InChI=1S/C22H28N6O/c1-17-8-9-20(26-16-17)27-21(29)10-13-25-22(23-2)24-12-5-14-28-15-11-18-6-3-4-7-19(18)28/h3-4,6-9,11,15-16H,5,10,12-14H2,1-2H3,(H2,23,24,25)(H,26,27,29). The Hall–Kier alpha value is -3.35. The van der Waals surface area contributed by atoms with Crippen LogP contribution in [0.3, 0.4) is 0 Å². The molecular formula is C22H28N6O. The number of nitrogens with one attached hydrogen (secondary N) is 3. The summed E-state index contributed by atoms with van der Waals surface area (Å²) in [7, 11) is 1.73. The lowest BCUT2D eigenvalue weighted by Gasteiger charge is -2.12. The van der Waals surface area contributed by atoms with Crippen molar-refractivity contribution >= 4 is 28.6 Å². The number of amides is 1. The fraction of sp³-hybridized carbons (Fsp3) is 0.318. The number of aromatic nitrogens is 2. The number of carbonyl (C=O) groups is 1. The second-order valence-corrected chi connectivity index (χ2v) is 6.87. The van der Waals surface area contributed by atoms with Crippen LogP contribution in [0.1, 0.15) is 18.4 Å². The van der Waals surface area contributed by atoms with Crippen LogP contribution in [0, 0.1) is 6.92 Å². The molecule has 0 spiro atoms. The summed E-state index contributed by atoms with van der Waals surface area (Å²) >= 11 is 0. The number of para-hydroxylation sites is 1. The van der Waals surface area contributed by atoms with Crippen molar-refractivity contribution in [3.8, 4) is 0 Å². The summed E-state index contributed by atoms with van der Waals surface area (Å²) in [6.07, 6.45) is 5.17. The Bertz CT molecular complexity index is 961. The highest BCUT2D eigenvalue weighted by molar-refractivity contribution is 5.90. The molecule has 2 heterocycles. The number of guanidine groups is 1. The molecule has 0 radical (unpaired) electrons. The summed E-state index contributed by atoms with van der Waals surface area (Å²) in [6.45, 7) is 4.19. The van der Waals surface area contributed by atoms with Gasteiger partial charge >= 0.3 is 0 Å². The Morgan fingerprint density at radius 3 is 2.72 bits per heavy atom. The van der Waals surface area contributed by atoms with Gasteiger partial charge in [-0.05, 0) is 42.5 Å². The number of nitrogens with zero attached hydrogens (tertiary/aromatic N) is 3. The first-order valence-electron chi connectivity index (χ1n) is 9.86. The lowest BCUT2D eigenvalue weighted by Crippen LogP contribution is -2.39. The predicted octanol–water partition coefficient (Wildman–Crippen LogP) is 2.93. The summed E-state index contributed by atoms with van der Waals surface area (Å²) in [5, 5.41) is 10.5. The molecule has 3 rings (SSSR count). The molecule has 0 saturated carbocycles. The number of aliphatic imine (C=N–C) groups is 1. The third kappa shape index (κ3) is 6.07. The quantitative estimate of drug-likeness (QED) is 0.313. The topological polar surface area (TPSA) is 83.3 Å². The van der Waals surface area contributed by atoms with Crippen LogP contribution >= 0.6 is 0 Å². The highest BCUT2D eigenvalue weighted by Gasteiger charge is 2.05. The maximum Gasteiger partial charge on any atom is 0.227 e. The van der Waals surface area contributed by atoms with Gasteiger partial charge in [-0.2, -0.15) is 0 Å². The number of anilines is 1. The van der Waals surface area contributed by atoms with Gasteiger partial charge in [0.1, 0.15) is 5.82 Å². The molecule has 3 aromatic rings. The first-order valence-corrected chi connectivity index (χ1v) is 9.86. The van der Waals surface area contributed by atoms with Crippen LogP contribution in [0.2, 0.25) is 0 Å². The van der Waals surface area contributed by atoms with Crippen molar-refractivity contribution in [2.45, 2.75) is 26.3 Å². The number of carbonyl (C=O) groups excluding carboxylic acids is 1. The van der Waals surface area contributed by atoms with Crippen LogP contribution in [0.25, 0.3) is 10.9 Å². The SMILES string of the molecule is CN=C(NCCCn1ccc2ccccc21)NCCC(=O)Nc1ccc(C)cn1. The summed E-state index contributed by atoms with van der Waals surface area (Å²) < 4.78 is 2.26.